The molecule has 19 heavy (non-hydrogen) atoms. The summed E-state index contributed by atoms with van der Waals surface area (Å²) in [5.74, 6) is -0.633. The van der Waals surface area contributed by atoms with E-state index in [1.165, 1.54) is 28.9 Å². The van der Waals surface area contributed by atoms with E-state index in [4.69, 9.17) is 5.73 Å². The first-order valence-corrected chi connectivity index (χ1v) is 5.77. The molecule has 3 N–H and O–H groups in total. The summed E-state index contributed by atoms with van der Waals surface area (Å²) in [6, 6.07) is 5.55. The first kappa shape index (κ1) is 13.0. The number of benzene rings is 1. The molecule has 0 aliphatic rings. The van der Waals surface area contributed by atoms with Crippen LogP contribution in [0.2, 0.25) is 0 Å². The number of nitrogen functional groups attached to an aromatic ring is 1. The molecule has 0 aliphatic heterocycles. The Labute approximate surface area is 109 Å². The summed E-state index contributed by atoms with van der Waals surface area (Å²) in [6.07, 6.45) is 0. The van der Waals surface area contributed by atoms with E-state index in [1.807, 2.05) is 13.8 Å². The first-order chi connectivity index (χ1) is 8.99. The maximum Gasteiger partial charge on any atom is 0.275 e. The van der Waals surface area contributed by atoms with Crippen molar-refractivity contribution in [2.45, 2.75) is 19.9 Å². The highest BCUT2D eigenvalue weighted by Gasteiger charge is 2.18. The van der Waals surface area contributed by atoms with Crippen LogP contribution < -0.4 is 11.1 Å². The summed E-state index contributed by atoms with van der Waals surface area (Å²) in [5.41, 5.74) is 6.42. The maximum absolute atomic E-state index is 12.8. The molecule has 1 heterocycles. The number of rotatable bonds is 3. The van der Waals surface area contributed by atoms with Crippen molar-refractivity contribution >= 4 is 11.7 Å². The molecule has 1 aromatic heterocycles. The molecule has 0 saturated heterocycles. The fourth-order valence-electron chi connectivity index (χ4n) is 1.55. The molecule has 1 amide bonds. The van der Waals surface area contributed by atoms with Gasteiger partial charge in [0.1, 0.15) is 5.82 Å². The van der Waals surface area contributed by atoms with Crippen LogP contribution in [0, 0.1) is 5.82 Å². The number of anilines is 1. The first-order valence-electron chi connectivity index (χ1n) is 5.77. The summed E-state index contributed by atoms with van der Waals surface area (Å²) < 4.78 is 14.1. The molecule has 0 unspecified atom stereocenters. The van der Waals surface area contributed by atoms with Crippen molar-refractivity contribution in [3.63, 3.8) is 0 Å². The molecule has 0 aliphatic carbocycles. The lowest BCUT2D eigenvalue weighted by atomic mass is 10.3. The second-order valence-electron chi connectivity index (χ2n) is 4.34. The van der Waals surface area contributed by atoms with E-state index in [0.717, 1.165) is 0 Å². The average Bonchev–Trinajstić information content (AvgIpc) is 2.71. The molecule has 0 atom stereocenters. The van der Waals surface area contributed by atoms with Gasteiger partial charge in [-0.3, -0.25) is 4.79 Å². The molecule has 100 valence electrons. The number of carbonyl (C=O) groups excluding carboxylic acids is 1. The van der Waals surface area contributed by atoms with E-state index in [9.17, 15) is 9.18 Å². The van der Waals surface area contributed by atoms with Crippen molar-refractivity contribution in [3.8, 4) is 5.69 Å². The summed E-state index contributed by atoms with van der Waals surface area (Å²) in [4.78, 5) is 11.8. The van der Waals surface area contributed by atoms with Crippen LogP contribution in [0.5, 0.6) is 0 Å². The van der Waals surface area contributed by atoms with Crippen LogP contribution in [-0.2, 0) is 0 Å². The van der Waals surface area contributed by atoms with Gasteiger partial charge in [0.25, 0.3) is 5.91 Å². The maximum atomic E-state index is 12.8. The standard InChI is InChI=1S/C12H14FN5O/c1-7(2)15-12(19)10-11(14)18(17-16-10)9-5-3-8(13)4-6-9/h3-7H,14H2,1-2H3,(H,15,19). The summed E-state index contributed by atoms with van der Waals surface area (Å²) in [7, 11) is 0. The van der Waals surface area contributed by atoms with E-state index in [-0.39, 0.29) is 29.3 Å². The Morgan fingerprint density at radius 1 is 1.37 bits per heavy atom. The van der Waals surface area contributed by atoms with Crippen molar-refractivity contribution in [1.82, 2.24) is 20.3 Å². The van der Waals surface area contributed by atoms with Crippen molar-refractivity contribution in [1.29, 1.82) is 0 Å². The molecule has 2 aromatic rings. The molecule has 0 bridgehead atoms. The van der Waals surface area contributed by atoms with Gasteiger partial charge in [-0.1, -0.05) is 5.21 Å². The number of nitrogens with two attached hydrogens (primary N) is 1. The topological polar surface area (TPSA) is 85.8 Å². The number of halogens is 1. The molecule has 6 nitrogen and oxygen atoms in total. The van der Waals surface area contributed by atoms with Gasteiger partial charge >= 0.3 is 0 Å². The molecule has 2 rings (SSSR count). The van der Waals surface area contributed by atoms with Gasteiger partial charge in [0.05, 0.1) is 5.69 Å². The van der Waals surface area contributed by atoms with Crippen molar-refractivity contribution in [3.05, 3.63) is 35.8 Å². The van der Waals surface area contributed by atoms with Crippen LogP contribution >= 0.6 is 0 Å². The van der Waals surface area contributed by atoms with Gasteiger partial charge in [-0.25, -0.2) is 4.39 Å². The van der Waals surface area contributed by atoms with Crippen LogP contribution in [0.25, 0.3) is 5.69 Å². The fourth-order valence-corrected chi connectivity index (χ4v) is 1.55. The monoisotopic (exact) mass is 263 g/mol. The molecule has 7 heteroatoms. The van der Waals surface area contributed by atoms with Crippen LogP contribution in [0.4, 0.5) is 10.2 Å². The number of aromatic nitrogens is 3. The summed E-state index contributed by atoms with van der Waals surface area (Å²) in [6.45, 7) is 3.66. The van der Waals surface area contributed by atoms with Gasteiger partial charge in [-0.15, -0.1) is 5.10 Å². The number of amides is 1. The zero-order valence-corrected chi connectivity index (χ0v) is 10.6. The smallest absolute Gasteiger partial charge is 0.275 e. The summed E-state index contributed by atoms with van der Waals surface area (Å²) in [5, 5.41) is 10.2. The van der Waals surface area contributed by atoms with Crippen LogP contribution in [0.1, 0.15) is 24.3 Å². The van der Waals surface area contributed by atoms with E-state index in [2.05, 4.69) is 15.6 Å². The number of nitrogens with one attached hydrogen (secondary N) is 1. The third-order valence-corrected chi connectivity index (χ3v) is 2.41. The second kappa shape index (κ2) is 5.05. The minimum Gasteiger partial charge on any atom is -0.382 e. The third-order valence-electron chi connectivity index (χ3n) is 2.41. The number of nitrogens with zero attached hydrogens (tertiary/aromatic N) is 3. The van der Waals surface area contributed by atoms with Gasteiger partial charge in [0.15, 0.2) is 11.5 Å². The Morgan fingerprint density at radius 2 is 2.00 bits per heavy atom. The summed E-state index contributed by atoms with van der Waals surface area (Å²) >= 11 is 0. The minimum atomic E-state index is -0.388. The molecule has 0 saturated carbocycles. The highest BCUT2D eigenvalue weighted by atomic mass is 19.1. The van der Waals surface area contributed by atoms with Crippen LogP contribution in [0.15, 0.2) is 24.3 Å². The highest BCUT2D eigenvalue weighted by Crippen LogP contribution is 2.15. The predicted octanol–water partition coefficient (Wildman–Crippen LogP) is 1.13. The van der Waals surface area contributed by atoms with Gasteiger partial charge < -0.3 is 11.1 Å². The van der Waals surface area contributed by atoms with Crippen molar-refractivity contribution in [2.24, 2.45) is 0 Å². The number of hydrogen-bond acceptors (Lipinski definition) is 4. The lowest BCUT2D eigenvalue weighted by Crippen LogP contribution is -2.31. The lowest BCUT2D eigenvalue weighted by molar-refractivity contribution is 0.0939. The van der Waals surface area contributed by atoms with E-state index in [1.54, 1.807) is 0 Å². The zero-order valence-electron chi connectivity index (χ0n) is 10.6. The van der Waals surface area contributed by atoms with E-state index in [0.29, 0.717) is 5.69 Å². The molecular formula is C12H14FN5O. The Kier molecular flexibility index (Phi) is 3.46. The molecule has 1 aromatic carbocycles. The normalized spacial score (nSPS) is 10.7. The molecule has 0 fully saturated rings. The van der Waals surface area contributed by atoms with Crippen molar-refractivity contribution in [2.75, 3.05) is 5.73 Å². The van der Waals surface area contributed by atoms with Gasteiger partial charge in [0.2, 0.25) is 0 Å². The quantitative estimate of drug-likeness (QED) is 0.869. The van der Waals surface area contributed by atoms with Crippen LogP contribution in [0.3, 0.4) is 0 Å². The number of carbonyl (C=O) groups is 1. The Morgan fingerprint density at radius 3 is 2.58 bits per heavy atom. The largest absolute Gasteiger partial charge is 0.382 e. The molecule has 0 spiro atoms. The molecular weight excluding hydrogens is 249 g/mol. The number of hydrogen-bond donors (Lipinski definition) is 2. The third kappa shape index (κ3) is 2.70. The van der Waals surface area contributed by atoms with E-state index >= 15 is 0 Å². The predicted molar refractivity (Wildman–Crippen MR) is 68.3 cm³/mol. The minimum absolute atomic E-state index is 0.0251. The second-order valence-corrected chi connectivity index (χ2v) is 4.34. The average molecular weight is 263 g/mol. The molecule has 0 radical (unpaired) electrons. The Hall–Kier alpha value is -2.44. The SMILES string of the molecule is CC(C)NC(=O)c1nnn(-c2ccc(F)cc2)c1N. The fraction of sp³-hybridized carbons (Fsp3) is 0.250. The highest BCUT2D eigenvalue weighted by molar-refractivity contribution is 5.96. The van der Waals surface area contributed by atoms with Gasteiger partial charge in [-0.2, -0.15) is 4.68 Å². The Balaban J connectivity index is 2.32. The zero-order chi connectivity index (χ0) is 14.0. The van der Waals surface area contributed by atoms with Gasteiger partial charge in [-0.05, 0) is 38.1 Å². The van der Waals surface area contributed by atoms with E-state index < -0.39 is 0 Å². The van der Waals surface area contributed by atoms with Gasteiger partial charge in [0, 0.05) is 6.04 Å². The van der Waals surface area contributed by atoms with Crippen molar-refractivity contribution < 1.29 is 9.18 Å². The van der Waals surface area contributed by atoms with Crippen LogP contribution in [-0.4, -0.2) is 26.9 Å². The lowest BCUT2D eigenvalue weighted by Gasteiger charge is -2.06. The Bertz CT molecular complexity index is 591.